The molecular formula is C16H23NO4. The predicted molar refractivity (Wildman–Crippen MR) is 80.4 cm³/mol. The molecule has 0 heterocycles. The summed E-state index contributed by atoms with van der Waals surface area (Å²) < 4.78 is 5.10. The van der Waals surface area contributed by atoms with Gasteiger partial charge in [-0.3, -0.25) is 9.59 Å². The first-order valence-electron chi connectivity index (χ1n) is 6.92. The lowest BCUT2D eigenvalue weighted by Gasteiger charge is -2.25. The zero-order chi connectivity index (χ0) is 16.0. The maximum absolute atomic E-state index is 12.3. The number of rotatable bonds is 7. The van der Waals surface area contributed by atoms with Crippen LogP contribution in [-0.2, 0) is 15.0 Å². The number of ether oxygens (including phenoxy) is 1. The van der Waals surface area contributed by atoms with Crippen LogP contribution in [0.4, 0.5) is 0 Å². The summed E-state index contributed by atoms with van der Waals surface area (Å²) in [5.74, 6) is -0.334. The molecule has 1 aromatic rings. The van der Waals surface area contributed by atoms with Gasteiger partial charge < -0.3 is 15.2 Å². The van der Waals surface area contributed by atoms with E-state index >= 15 is 0 Å². The fourth-order valence-corrected chi connectivity index (χ4v) is 2.00. The topological polar surface area (TPSA) is 75.6 Å². The summed E-state index contributed by atoms with van der Waals surface area (Å²) in [6.45, 7) is 5.83. The summed E-state index contributed by atoms with van der Waals surface area (Å²) in [4.78, 5) is 22.9. The Hall–Kier alpha value is -2.04. The zero-order valence-electron chi connectivity index (χ0n) is 13.0. The van der Waals surface area contributed by atoms with Crippen LogP contribution >= 0.6 is 0 Å². The monoisotopic (exact) mass is 293 g/mol. The van der Waals surface area contributed by atoms with Crippen molar-refractivity contribution in [2.75, 3.05) is 13.7 Å². The normalized spacial score (nSPS) is 12.6. The number of amides is 1. The SMILES string of the molecule is COc1ccc(C(C)(C)C(=O)NCC(C)CC(=O)O)cc1. The second-order valence-electron chi connectivity index (χ2n) is 5.77. The number of methoxy groups -OCH3 is 1. The number of carbonyl (C=O) groups excluding carboxylic acids is 1. The largest absolute Gasteiger partial charge is 0.497 e. The van der Waals surface area contributed by atoms with E-state index in [4.69, 9.17) is 9.84 Å². The third-order valence-electron chi connectivity index (χ3n) is 3.51. The number of carbonyl (C=O) groups is 2. The molecule has 21 heavy (non-hydrogen) atoms. The lowest BCUT2D eigenvalue weighted by Crippen LogP contribution is -2.42. The quantitative estimate of drug-likeness (QED) is 0.808. The van der Waals surface area contributed by atoms with Crippen LogP contribution in [-0.4, -0.2) is 30.6 Å². The molecule has 1 aromatic carbocycles. The van der Waals surface area contributed by atoms with Crippen LogP contribution in [0.5, 0.6) is 5.75 Å². The van der Waals surface area contributed by atoms with Crippen molar-refractivity contribution in [3.8, 4) is 5.75 Å². The van der Waals surface area contributed by atoms with Crippen LogP contribution in [0, 0.1) is 5.92 Å². The fraction of sp³-hybridized carbons (Fsp3) is 0.500. The second-order valence-corrected chi connectivity index (χ2v) is 5.77. The number of hydrogen-bond donors (Lipinski definition) is 2. The molecule has 5 heteroatoms. The summed E-state index contributed by atoms with van der Waals surface area (Å²) in [5, 5.41) is 11.5. The third kappa shape index (κ3) is 4.77. The highest BCUT2D eigenvalue weighted by Gasteiger charge is 2.29. The molecule has 0 radical (unpaired) electrons. The lowest BCUT2D eigenvalue weighted by atomic mass is 9.83. The van der Waals surface area contributed by atoms with E-state index in [9.17, 15) is 9.59 Å². The van der Waals surface area contributed by atoms with Gasteiger partial charge in [-0.15, -0.1) is 0 Å². The summed E-state index contributed by atoms with van der Waals surface area (Å²) in [7, 11) is 1.59. The minimum Gasteiger partial charge on any atom is -0.497 e. The van der Waals surface area contributed by atoms with Crippen LogP contribution < -0.4 is 10.1 Å². The second kappa shape index (κ2) is 7.11. The van der Waals surface area contributed by atoms with Crippen molar-refractivity contribution < 1.29 is 19.4 Å². The number of hydrogen-bond acceptors (Lipinski definition) is 3. The standard InChI is InChI=1S/C16H23NO4/c1-11(9-14(18)19)10-17-15(20)16(2,3)12-5-7-13(21-4)8-6-12/h5-8,11H,9-10H2,1-4H3,(H,17,20)(H,18,19). The fourth-order valence-electron chi connectivity index (χ4n) is 2.00. The maximum atomic E-state index is 12.3. The maximum Gasteiger partial charge on any atom is 0.303 e. The Bertz CT molecular complexity index is 494. The highest BCUT2D eigenvalue weighted by Crippen LogP contribution is 2.25. The highest BCUT2D eigenvalue weighted by molar-refractivity contribution is 5.87. The summed E-state index contributed by atoms with van der Waals surface area (Å²) in [6, 6.07) is 7.35. The van der Waals surface area contributed by atoms with Crippen molar-refractivity contribution in [1.29, 1.82) is 0 Å². The Morgan fingerprint density at radius 1 is 1.29 bits per heavy atom. The van der Waals surface area contributed by atoms with Gasteiger partial charge in [-0.2, -0.15) is 0 Å². The average molecular weight is 293 g/mol. The van der Waals surface area contributed by atoms with Crippen LogP contribution in [0.3, 0.4) is 0 Å². The van der Waals surface area contributed by atoms with Gasteiger partial charge in [0.25, 0.3) is 0 Å². The zero-order valence-corrected chi connectivity index (χ0v) is 13.0. The lowest BCUT2D eigenvalue weighted by molar-refractivity contribution is -0.138. The minimum absolute atomic E-state index is 0.0449. The van der Waals surface area contributed by atoms with E-state index in [1.165, 1.54) is 0 Å². The first-order valence-corrected chi connectivity index (χ1v) is 6.92. The molecule has 0 spiro atoms. The van der Waals surface area contributed by atoms with Gasteiger partial charge >= 0.3 is 5.97 Å². The van der Waals surface area contributed by atoms with Gasteiger partial charge in [0, 0.05) is 13.0 Å². The molecule has 1 unspecified atom stereocenters. The van der Waals surface area contributed by atoms with E-state index in [0.717, 1.165) is 11.3 Å². The Labute approximate surface area is 125 Å². The van der Waals surface area contributed by atoms with Gasteiger partial charge in [-0.25, -0.2) is 0 Å². The summed E-state index contributed by atoms with van der Waals surface area (Å²) in [5.41, 5.74) is 0.196. The third-order valence-corrected chi connectivity index (χ3v) is 3.51. The molecule has 0 aromatic heterocycles. The molecule has 0 saturated heterocycles. The van der Waals surface area contributed by atoms with Gasteiger partial charge in [0.15, 0.2) is 0 Å². The van der Waals surface area contributed by atoms with Gasteiger partial charge in [0.05, 0.1) is 12.5 Å². The minimum atomic E-state index is -0.855. The summed E-state index contributed by atoms with van der Waals surface area (Å²) in [6.07, 6.45) is 0.0449. The van der Waals surface area contributed by atoms with Crippen LogP contribution in [0.15, 0.2) is 24.3 Å². The Morgan fingerprint density at radius 2 is 1.86 bits per heavy atom. The Kier molecular flexibility index (Phi) is 5.76. The molecule has 116 valence electrons. The molecule has 0 aliphatic heterocycles. The van der Waals surface area contributed by atoms with E-state index in [0.29, 0.717) is 6.54 Å². The first-order chi connectivity index (χ1) is 9.77. The van der Waals surface area contributed by atoms with E-state index < -0.39 is 11.4 Å². The Morgan fingerprint density at radius 3 is 2.33 bits per heavy atom. The van der Waals surface area contributed by atoms with Crippen LogP contribution in [0.2, 0.25) is 0 Å². The van der Waals surface area contributed by atoms with E-state index in [1.54, 1.807) is 14.0 Å². The van der Waals surface area contributed by atoms with Crippen molar-refractivity contribution in [3.05, 3.63) is 29.8 Å². The average Bonchev–Trinajstić information content (AvgIpc) is 2.44. The molecular weight excluding hydrogens is 270 g/mol. The van der Waals surface area contributed by atoms with E-state index in [2.05, 4.69) is 5.32 Å². The van der Waals surface area contributed by atoms with Crippen LogP contribution in [0.1, 0.15) is 32.8 Å². The molecule has 1 atom stereocenters. The van der Waals surface area contributed by atoms with Crippen molar-refractivity contribution in [2.45, 2.75) is 32.6 Å². The van der Waals surface area contributed by atoms with Gasteiger partial charge in [0.1, 0.15) is 5.75 Å². The molecule has 2 N–H and O–H groups in total. The number of benzene rings is 1. The molecule has 1 rings (SSSR count). The highest BCUT2D eigenvalue weighted by atomic mass is 16.5. The summed E-state index contributed by atoms with van der Waals surface area (Å²) >= 11 is 0. The predicted octanol–water partition coefficient (Wildman–Crippen LogP) is 2.20. The van der Waals surface area contributed by atoms with Gasteiger partial charge in [-0.05, 0) is 37.5 Å². The van der Waals surface area contributed by atoms with Gasteiger partial charge in [-0.1, -0.05) is 19.1 Å². The van der Waals surface area contributed by atoms with Crippen molar-refractivity contribution >= 4 is 11.9 Å². The van der Waals surface area contributed by atoms with Crippen LogP contribution in [0.25, 0.3) is 0 Å². The van der Waals surface area contributed by atoms with Crippen molar-refractivity contribution in [2.24, 2.45) is 5.92 Å². The first kappa shape index (κ1) is 17.0. The molecule has 1 amide bonds. The van der Waals surface area contributed by atoms with Crippen molar-refractivity contribution in [3.63, 3.8) is 0 Å². The molecule has 0 saturated carbocycles. The molecule has 0 aliphatic carbocycles. The number of carboxylic acid groups (broad SMARTS) is 1. The van der Waals surface area contributed by atoms with Gasteiger partial charge in [0.2, 0.25) is 5.91 Å². The number of carboxylic acids is 1. The Balaban J connectivity index is 2.67. The van der Waals surface area contributed by atoms with E-state index in [-0.39, 0.29) is 18.2 Å². The molecule has 0 fully saturated rings. The molecule has 5 nitrogen and oxygen atoms in total. The smallest absolute Gasteiger partial charge is 0.303 e. The number of nitrogens with one attached hydrogen (secondary N) is 1. The molecule has 0 bridgehead atoms. The molecule has 0 aliphatic rings. The van der Waals surface area contributed by atoms with Crippen molar-refractivity contribution in [1.82, 2.24) is 5.32 Å². The van der Waals surface area contributed by atoms with E-state index in [1.807, 2.05) is 38.1 Å². The number of aliphatic carboxylic acids is 1.